The van der Waals surface area contributed by atoms with E-state index < -0.39 is 148 Å². The summed E-state index contributed by atoms with van der Waals surface area (Å²) in [6.45, 7) is -1.95. The molecule has 0 aromatic carbocycles. The van der Waals surface area contributed by atoms with Crippen LogP contribution in [0.25, 0.3) is 0 Å². The van der Waals surface area contributed by atoms with Gasteiger partial charge in [-0.1, -0.05) is 0 Å². The van der Waals surface area contributed by atoms with Gasteiger partial charge in [-0.15, -0.1) is 0 Å². The molecule has 5 amide bonds. The fourth-order valence-electron chi connectivity index (χ4n) is 8.14. The summed E-state index contributed by atoms with van der Waals surface area (Å²) in [4.78, 5) is 66.5. The quantitative estimate of drug-likeness (QED) is 0.0278. The van der Waals surface area contributed by atoms with E-state index in [1.54, 1.807) is 6.92 Å². The first kappa shape index (κ1) is 61.9. The van der Waals surface area contributed by atoms with Gasteiger partial charge in [0, 0.05) is 58.1 Å². The van der Waals surface area contributed by atoms with Crippen LogP contribution in [0.2, 0.25) is 0 Å². The fraction of sp³-hybridized carbons (Fsp3) is 0.884. The van der Waals surface area contributed by atoms with Crippen molar-refractivity contribution < 1.29 is 109 Å². The number of rotatable bonds is 32. The molecule has 2 saturated heterocycles. The van der Waals surface area contributed by atoms with E-state index in [0.717, 1.165) is 0 Å². The number of aliphatic hydroxyl groups is 12. The van der Waals surface area contributed by atoms with Crippen molar-refractivity contribution in [2.24, 2.45) is 5.92 Å². The molecule has 3 aliphatic rings. The molecule has 0 radical (unpaired) electrons. The van der Waals surface area contributed by atoms with Crippen molar-refractivity contribution in [2.75, 3.05) is 85.5 Å². The summed E-state index contributed by atoms with van der Waals surface area (Å²) in [5.41, 5.74) is 0. The summed E-state index contributed by atoms with van der Waals surface area (Å²) in [5, 5.41) is 134. The largest absolute Gasteiger partial charge is 0.396 e. The molecule has 0 bridgehead atoms. The Morgan fingerprint density at radius 3 is 1.48 bits per heavy atom. The van der Waals surface area contributed by atoms with Crippen LogP contribution in [0.3, 0.4) is 0 Å². The molecule has 16 atom stereocenters. The molecule has 0 spiro atoms. The topological polar surface area (TPSA) is 438 Å². The van der Waals surface area contributed by atoms with E-state index in [1.165, 1.54) is 4.90 Å². The number of hydrogen-bond acceptors (Lipinski definition) is 23. The number of nitrogens with zero attached hydrogens (tertiary/aromatic N) is 1. The third-order valence-electron chi connectivity index (χ3n) is 12.3. The summed E-state index contributed by atoms with van der Waals surface area (Å²) in [5.74, 6) is -3.23. The minimum absolute atomic E-state index is 0.00747. The molecule has 28 heteroatoms. The zero-order valence-corrected chi connectivity index (χ0v) is 40.0. The molecular formula is C43H78N6O22. The van der Waals surface area contributed by atoms with Crippen LogP contribution in [0, 0.1) is 5.92 Å². The standard InChI is InChI=1S/C43H78N6O22/c1-2-44-28(53)8-3-4-9-29(54)45-10-6-5-7-24(41(66)48-13-16-69-43-40(65)38(63)35(60)27(22-52)71-43)49(18-30(55)46-11-14-67-25-17-23(20-50)32(57)36(61)33(25)58)19-31(56)47-12-15-68-42-39(64)37(62)34(59)26(21-51)70-42/h23-27,32-40,42-43,50-52,57-65H,2-22H2,1H3,(H,44,53)(H,45,54)(H,46,55)(H,47,56)(H,48,66)/t23-,24+,25?,26-,27-,32-,33-,34-,35-,36+,37+,38+,39+,40+,42?,43?/m1/s1. The number of amides is 5. The average molecular weight is 1030 g/mol. The van der Waals surface area contributed by atoms with E-state index in [2.05, 4.69) is 26.6 Å². The first-order valence-electron chi connectivity index (χ1n) is 24.1. The van der Waals surface area contributed by atoms with Crippen LogP contribution < -0.4 is 26.6 Å². The highest BCUT2D eigenvalue weighted by Crippen LogP contribution is 2.28. The molecule has 2 aliphatic heterocycles. The van der Waals surface area contributed by atoms with Gasteiger partial charge in [0.25, 0.3) is 0 Å². The lowest BCUT2D eigenvalue weighted by atomic mass is 9.81. The zero-order valence-electron chi connectivity index (χ0n) is 40.0. The van der Waals surface area contributed by atoms with Gasteiger partial charge in [0.1, 0.15) is 61.0 Å². The Morgan fingerprint density at radius 2 is 0.986 bits per heavy atom. The van der Waals surface area contributed by atoms with Crippen LogP contribution in [0.4, 0.5) is 0 Å². The van der Waals surface area contributed by atoms with Gasteiger partial charge in [0.2, 0.25) is 29.5 Å². The van der Waals surface area contributed by atoms with Gasteiger partial charge < -0.3 is 112 Å². The summed E-state index contributed by atoms with van der Waals surface area (Å²) in [7, 11) is 0. The fourth-order valence-corrected chi connectivity index (χ4v) is 8.14. The Kier molecular flexibility index (Phi) is 28.6. The van der Waals surface area contributed by atoms with Crippen molar-refractivity contribution >= 4 is 29.5 Å². The lowest BCUT2D eigenvalue weighted by Crippen LogP contribution is -2.59. The van der Waals surface area contributed by atoms with Crippen LogP contribution in [0.15, 0.2) is 0 Å². The van der Waals surface area contributed by atoms with E-state index in [4.69, 9.17) is 23.7 Å². The van der Waals surface area contributed by atoms with E-state index >= 15 is 0 Å². The number of carbonyl (C=O) groups excluding carboxylic acids is 5. The number of ether oxygens (including phenoxy) is 5. The van der Waals surface area contributed by atoms with Crippen molar-refractivity contribution in [3.05, 3.63) is 0 Å². The SMILES string of the molecule is CCNC(=O)CCCCC(=O)NCCCC[C@@H](C(=O)NCCOC1O[C@H](CO)[C@@H](O)[C@H](O)[C@@H]1O)N(CC(=O)NCCOC1C[C@H](CO)[C@@H](O)[C@H](O)[C@@H]1O)CC(=O)NCCOC1O[C@H](CO)[C@@H](O)[C@H](O)[C@@H]1O. The number of aliphatic hydroxyl groups excluding tert-OH is 12. The molecular weight excluding hydrogens is 952 g/mol. The molecule has 3 fully saturated rings. The van der Waals surface area contributed by atoms with Crippen molar-refractivity contribution in [3.63, 3.8) is 0 Å². The van der Waals surface area contributed by atoms with Crippen LogP contribution in [0.1, 0.15) is 58.3 Å². The first-order chi connectivity index (χ1) is 33.9. The van der Waals surface area contributed by atoms with Crippen molar-refractivity contribution in [3.8, 4) is 0 Å². The Morgan fingerprint density at radius 1 is 0.521 bits per heavy atom. The van der Waals surface area contributed by atoms with Gasteiger partial charge >= 0.3 is 0 Å². The number of carbonyl (C=O) groups is 5. The lowest BCUT2D eigenvalue weighted by molar-refractivity contribution is -0.300. The number of unbranched alkanes of at least 4 members (excludes halogenated alkanes) is 2. The highest BCUT2D eigenvalue weighted by Gasteiger charge is 2.46. The molecule has 3 unspecified atom stereocenters. The van der Waals surface area contributed by atoms with E-state index in [9.17, 15) is 85.3 Å². The zero-order chi connectivity index (χ0) is 52.6. The van der Waals surface area contributed by atoms with Crippen LogP contribution in [-0.4, -0.2) is 273 Å². The van der Waals surface area contributed by atoms with Gasteiger partial charge in [-0.3, -0.25) is 28.9 Å². The third-order valence-corrected chi connectivity index (χ3v) is 12.3. The second-order valence-corrected chi connectivity index (χ2v) is 17.6. The highest BCUT2D eigenvalue weighted by molar-refractivity contribution is 5.86. The molecule has 0 aromatic rings. The summed E-state index contributed by atoms with van der Waals surface area (Å²) < 4.78 is 27.3. The van der Waals surface area contributed by atoms with Gasteiger partial charge in [-0.2, -0.15) is 0 Å². The van der Waals surface area contributed by atoms with E-state index in [1.807, 2.05) is 0 Å². The van der Waals surface area contributed by atoms with Crippen LogP contribution in [0.5, 0.6) is 0 Å². The predicted molar refractivity (Wildman–Crippen MR) is 241 cm³/mol. The Labute approximate surface area is 410 Å². The molecule has 71 heavy (non-hydrogen) atoms. The minimum Gasteiger partial charge on any atom is -0.396 e. The molecule has 412 valence electrons. The van der Waals surface area contributed by atoms with Gasteiger partial charge in [-0.25, -0.2) is 0 Å². The molecule has 1 saturated carbocycles. The van der Waals surface area contributed by atoms with E-state index in [0.29, 0.717) is 25.8 Å². The summed E-state index contributed by atoms with van der Waals surface area (Å²) >= 11 is 0. The van der Waals surface area contributed by atoms with E-state index in [-0.39, 0.29) is 89.9 Å². The maximum absolute atomic E-state index is 14.0. The molecule has 0 aromatic heterocycles. The maximum atomic E-state index is 14.0. The number of nitrogens with one attached hydrogen (secondary N) is 5. The second-order valence-electron chi connectivity index (χ2n) is 17.6. The predicted octanol–water partition coefficient (Wildman–Crippen LogP) is -8.90. The molecule has 28 nitrogen and oxygen atoms in total. The van der Waals surface area contributed by atoms with Gasteiger partial charge in [0.05, 0.1) is 64.4 Å². The maximum Gasteiger partial charge on any atom is 0.237 e. The first-order valence-corrected chi connectivity index (χ1v) is 24.1. The highest BCUT2D eigenvalue weighted by atomic mass is 16.7. The average Bonchev–Trinajstić information content (AvgIpc) is 3.34. The number of hydrogen-bond donors (Lipinski definition) is 17. The van der Waals surface area contributed by atoms with Gasteiger partial charge in [-0.05, 0) is 45.4 Å². The van der Waals surface area contributed by atoms with Crippen molar-refractivity contribution in [1.82, 2.24) is 31.5 Å². The molecule has 3 rings (SSSR count). The van der Waals surface area contributed by atoms with Crippen LogP contribution in [-0.2, 0) is 47.7 Å². The van der Waals surface area contributed by atoms with Gasteiger partial charge in [0.15, 0.2) is 12.6 Å². The Bertz CT molecular complexity index is 1530. The smallest absolute Gasteiger partial charge is 0.237 e. The Balaban J connectivity index is 1.71. The lowest BCUT2D eigenvalue weighted by Gasteiger charge is -2.39. The Hall–Kier alpha value is -3.37. The van der Waals surface area contributed by atoms with Crippen molar-refractivity contribution in [2.45, 2.75) is 150 Å². The minimum atomic E-state index is -1.72. The monoisotopic (exact) mass is 1030 g/mol. The summed E-state index contributed by atoms with van der Waals surface area (Å²) in [6.07, 6.45) is -18.9. The molecule has 17 N–H and O–H groups in total. The van der Waals surface area contributed by atoms with Crippen LogP contribution >= 0.6 is 0 Å². The second kappa shape index (κ2) is 32.7. The molecule has 2 heterocycles. The normalized spacial score (nSPS) is 31.4. The summed E-state index contributed by atoms with van der Waals surface area (Å²) in [6, 6.07) is -1.22. The van der Waals surface area contributed by atoms with Crippen molar-refractivity contribution in [1.29, 1.82) is 0 Å². The molecule has 1 aliphatic carbocycles. The third kappa shape index (κ3) is 20.1.